The summed E-state index contributed by atoms with van der Waals surface area (Å²) < 4.78 is 0. The summed E-state index contributed by atoms with van der Waals surface area (Å²) >= 11 is 1.74. The molecule has 1 unspecified atom stereocenters. The lowest BCUT2D eigenvalue weighted by Crippen LogP contribution is -2.22. The number of rotatable bonds is 3. The molecule has 98 valence electrons. The van der Waals surface area contributed by atoms with Crippen LogP contribution in [0.2, 0.25) is 0 Å². The molecule has 0 amide bonds. The molecule has 0 saturated carbocycles. The second kappa shape index (κ2) is 5.41. The van der Waals surface area contributed by atoms with Gasteiger partial charge in [-0.15, -0.1) is 11.3 Å². The molecule has 0 saturated heterocycles. The van der Waals surface area contributed by atoms with Crippen LogP contribution in [-0.4, -0.2) is 12.0 Å². The van der Waals surface area contributed by atoms with Crippen molar-refractivity contribution in [3.05, 3.63) is 45.4 Å². The van der Waals surface area contributed by atoms with Crippen molar-refractivity contribution in [2.45, 2.75) is 26.8 Å². The molecule has 0 aromatic carbocycles. The number of pyridine rings is 1. The van der Waals surface area contributed by atoms with Gasteiger partial charge in [-0.05, 0) is 38.3 Å². The van der Waals surface area contributed by atoms with Gasteiger partial charge >= 0.3 is 0 Å². The molecular weight excluding hydrogens is 254 g/mol. The van der Waals surface area contributed by atoms with Crippen molar-refractivity contribution in [3.8, 4) is 6.07 Å². The fourth-order valence-electron chi connectivity index (χ4n) is 2.15. The molecule has 0 aliphatic carbocycles. The topological polar surface area (TPSA) is 39.9 Å². The van der Waals surface area contributed by atoms with E-state index in [1.54, 1.807) is 11.3 Å². The Morgan fingerprint density at radius 3 is 2.74 bits per heavy atom. The molecule has 0 spiro atoms. The van der Waals surface area contributed by atoms with Crippen LogP contribution in [0.5, 0.6) is 0 Å². The van der Waals surface area contributed by atoms with Crippen molar-refractivity contribution < 1.29 is 0 Å². The van der Waals surface area contributed by atoms with E-state index in [0.29, 0.717) is 5.56 Å². The third kappa shape index (κ3) is 2.61. The van der Waals surface area contributed by atoms with E-state index >= 15 is 0 Å². The second-order valence-electron chi connectivity index (χ2n) is 4.66. The summed E-state index contributed by atoms with van der Waals surface area (Å²) in [6, 6.07) is 8.67. The molecule has 0 aliphatic rings. The van der Waals surface area contributed by atoms with Gasteiger partial charge in [0.2, 0.25) is 0 Å². The Kier molecular flexibility index (Phi) is 3.87. The fraction of sp³-hybridized carbons (Fsp3) is 0.333. The summed E-state index contributed by atoms with van der Waals surface area (Å²) in [5.74, 6) is 0. The van der Waals surface area contributed by atoms with Crippen molar-refractivity contribution in [1.29, 1.82) is 5.26 Å². The van der Waals surface area contributed by atoms with Crippen LogP contribution in [0.15, 0.2) is 23.6 Å². The molecule has 4 heteroatoms. The fourth-order valence-corrected chi connectivity index (χ4v) is 2.98. The number of nitriles is 1. The van der Waals surface area contributed by atoms with Gasteiger partial charge in [-0.25, -0.2) is 0 Å². The van der Waals surface area contributed by atoms with Crippen molar-refractivity contribution in [3.63, 3.8) is 0 Å². The maximum absolute atomic E-state index is 9.34. The van der Waals surface area contributed by atoms with Crippen molar-refractivity contribution in [1.82, 2.24) is 4.98 Å². The Morgan fingerprint density at radius 2 is 2.16 bits per heavy atom. The summed E-state index contributed by atoms with van der Waals surface area (Å²) in [7, 11) is 2.03. The monoisotopic (exact) mass is 271 g/mol. The Morgan fingerprint density at radius 1 is 1.42 bits per heavy atom. The number of aryl methyl sites for hydroxylation is 2. The van der Waals surface area contributed by atoms with Crippen LogP contribution in [0.25, 0.3) is 0 Å². The van der Waals surface area contributed by atoms with Crippen LogP contribution in [0.4, 0.5) is 5.69 Å². The van der Waals surface area contributed by atoms with Crippen LogP contribution in [0.1, 0.15) is 34.8 Å². The molecule has 1 atom stereocenters. The van der Waals surface area contributed by atoms with Gasteiger partial charge in [0.15, 0.2) is 0 Å². The summed E-state index contributed by atoms with van der Waals surface area (Å²) in [6.45, 7) is 6.00. The predicted molar refractivity (Wildman–Crippen MR) is 79.6 cm³/mol. The third-order valence-corrected chi connectivity index (χ3v) is 4.38. The van der Waals surface area contributed by atoms with E-state index < -0.39 is 0 Å². The Bertz CT molecular complexity index is 611. The van der Waals surface area contributed by atoms with Gasteiger partial charge in [0, 0.05) is 17.6 Å². The number of thiophene rings is 1. The highest BCUT2D eigenvalue weighted by Gasteiger charge is 2.18. The minimum atomic E-state index is 0.244. The van der Waals surface area contributed by atoms with E-state index in [2.05, 4.69) is 40.4 Å². The van der Waals surface area contributed by atoms with E-state index in [9.17, 15) is 5.26 Å². The maximum atomic E-state index is 9.34. The highest BCUT2D eigenvalue weighted by Crippen LogP contribution is 2.31. The lowest BCUT2D eigenvalue weighted by atomic mass is 10.1. The zero-order valence-corrected chi connectivity index (χ0v) is 12.5. The van der Waals surface area contributed by atoms with Gasteiger partial charge in [-0.1, -0.05) is 6.07 Å². The SMILES string of the molecule is Cc1cc(N(C)C(C)c2cccs2)c(C#N)c(C)n1. The number of hydrogen-bond donors (Lipinski definition) is 0. The highest BCUT2D eigenvalue weighted by molar-refractivity contribution is 7.10. The quantitative estimate of drug-likeness (QED) is 0.851. The van der Waals surface area contributed by atoms with E-state index in [-0.39, 0.29) is 6.04 Å². The van der Waals surface area contributed by atoms with Crippen LogP contribution >= 0.6 is 11.3 Å². The average Bonchev–Trinajstić information content (AvgIpc) is 2.90. The predicted octanol–water partition coefficient (Wildman–Crippen LogP) is 3.83. The zero-order valence-electron chi connectivity index (χ0n) is 11.6. The third-order valence-electron chi connectivity index (χ3n) is 3.34. The normalized spacial score (nSPS) is 11.9. The van der Waals surface area contributed by atoms with E-state index in [1.807, 2.05) is 27.0 Å². The van der Waals surface area contributed by atoms with Gasteiger partial charge in [0.1, 0.15) is 6.07 Å². The van der Waals surface area contributed by atoms with Crippen LogP contribution in [-0.2, 0) is 0 Å². The van der Waals surface area contributed by atoms with Gasteiger partial charge in [0.25, 0.3) is 0 Å². The van der Waals surface area contributed by atoms with E-state index in [1.165, 1.54) is 4.88 Å². The Hall–Kier alpha value is -1.86. The van der Waals surface area contributed by atoms with Crippen LogP contribution < -0.4 is 4.90 Å². The summed E-state index contributed by atoms with van der Waals surface area (Å²) in [4.78, 5) is 7.80. The molecule has 0 bridgehead atoms. The number of nitrogens with zero attached hydrogens (tertiary/aromatic N) is 3. The van der Waals surface area contributed by atoms with E-state index in [0.717, 1.165) is 17.1 Å². The van der Waals surface area contributed by atoms with Crippen LogP contribution in [0, 0.1) is 25.2 Å². The Balaban J connectivity index is 2.44. The molecule has 0 fully saturated rings. The number of aromatic nitrogens is 1. The lowest BCUT2D eigenvalue weighted by Gasteiger charge is -2.27. The highest BCUT2D eigenvalue weighted by atomic mass is 32.1. The standard InChI is InChI=1S/C15H17N3S/c1-10-8-14(13(9-16)11(2)17-10)18(4)12(3)15-6-5-7-19-15/h5-8,12H,1-4H3. The first-order chi connectivity index (χ1) is 9.04. The molecular formula is C15H17N3S. The van der Waals surface area contributed by atoms with Crippen molar-refractivity contribution >= 4 is 17.0 Å². The molecule has 0 aliphatic heterocycles. The molecule has 2 aromatic rings. The molecule has 2 rings (SSSR count). The van der Waals surface area contributed by atoms with Gasteiger partial charge in [0.05, 0.1) is 23.0 Å². The van der Waals surface area contributed by atoms with Gasteiger partial charge in [-0.2, -0.15) is 5.26 Å². The summed E-state index contributed by atoms with van der Waals surface area (Å²) in [6.07, 6.45) is 0. The molecule has 0 radical (unpaired) electrons. The molecule has 2 aromatic heterocycles. The molecule has 3 nitrogen and oxygen atoms in total. The lowest BCUT2D eigenvalue weighted by molar-refractivity contribution is 0.750. The maximum Gasteiger partial charge on any atom is 0.103 e. The largest absolute Gasteiger partial charge is 0.366 e. The minimum Gasteiger partial charge on any atom is -0.366 e. The molecule has 0 N–H and O–H groups in total. The minimum absolute atomic E-state index is 0.244. The van der Waals surface area contributed by atoms with Gasteiger partial charge < -0.3 is 4.90 Å². The first-order valence-electron chi connectivity index (χ1n) is 6.19. The molecule has 2 heterocycles. The summed E-state index contributed by atoms with van der Waals surface area (Å²) in [5, 5.41) is 11.4. The van der Waals surface area contributed by atoms with Gasteiger partial charge in [-0.3, -0.25) is 4.98 Å². The van der Waals surface area contributed by atoms with E-state index in [4.69, 9.17) is 0 Å². The first-order valence-corrected chi connectivity index (χ1v) is 7.07. The first kappa shape index (κ1) is 13.6. The average molecular weight is 271 g/mol. The number of anilines is 1. The van der Waals surface area contributed by atoms with Crippen molar-refractivity contribution in [2.24, 2.45) is 0 Å². The Labute approximate surface area is 118 Å². The molecule has 19 heavy (non-hydrogen) atoms. The smallest absolute Gasteiger partial charge is 0.103 e. The number of hydrogen-bond acceptors (Lipinski definition) is 4. The second-order valence-corrected chi connectivity index (χ2v) is 5.64. The summed E-state index contributed by atoms with van der Waals surface area (Å²) in [5.41, 5.74) is 3.35. The van der Waals surface area contributed by atoms with Crippen LogP contribution in [0.3, 0.4) is 0 Å². The zero-order chi connectivity index (χ0) is 14.0. The van der Waals surface area contributed by atoms with Crippen molar-refractivity contribution in [2.75, 3.05) is 11.9 Å².